The van der Waals surface area contributed by atoms with E-state index < -0.39 is 0 Å². The standard InChI is InChI=1S/C24H19BrN2O3/c1-14-2-4-15(5-3-14)24-27-20(18-11-17(25)7-9-21(18)30-24)12-19(26-27)16-6-8-22-23(10-16)29-13-28-22/h2-11,20,24H,12-13H2,1H3/t20-,24+/m0/s1. The fourth-order valence-corrected chi connectivity index (χ4v) is 4.64. The molecule has 3 heterocycles. The van der Waals surface area contributed by atoms with Crippen molar-refractivity contribution in [3.63, 3.8) is 0 Å². The van der Waals surface area contributed by atoms with Crippen LogP contribution >= 0.6 is 15.9 Å². The van der Waals surface area contributed by atoms with Crippen molar-refractivity contribution in [2.75, 3.05) is 6.79 Å². The first-order valence-electron chi connectivity index (χ1n) is 9.94. The molecule has 6 heteroatoms. The fraction of sp³-hybridized carbons (Fsp3) is 0.208. The van der Waals surface area contributed by atoms with Crippen molar-refractivity contribution in [1.82, 2.24) is 5.01 Å². The van der Waals surface area contributed by atoms with Crippen LogP contribution in [0.3, 0.4) is 0 Å². The molecule has 3 aliphatic rings. The summed E-state index contributed by atoms with van der Waals surface area (Å²) in [5.41, 5.74) is 5.53. The average molecular weight is 463 g/mol. The van der Waals surface area contributed by atoms with E-state index >= 15 is 0 Å². The number of aryl methyl sites for hydroxylation is 1. The Morgan fingerprint density at radius 3 is 2.60 bits per heavy atom. The number of hydrogen-bond donors (Lipinski definition) is 0. The van der Waals surface area contributed by atoms with E-state index in [4.69, 9.17) is 19.3 Å². The number of hydrogen-bond acceptors (Lipinski definition) is 5. The van der Waals surface area contributed by atoms with Gasteiger partial charge in [-0.1, -0.05) is 45.8 Å². The first-order valence-corrected chi connectivity index (χ1v) is 10.7. The number of halogens is 1. The van der Waals surface area contributed by atoms with Crippen LogP contribution in [0.1, 0.15) is 40.9 Å². The summed E-state index contributed by atoms with van der Waals surface area (Å²) in [7, 11) is 0. The zero-order valence-electron chi connectivity index (χ0n) is 16.3. The Bertz CT molecular complexity index is 1180. The van der Waals surface area contributed by atoms with Crippen molar-refractivity contribution < 1.29 is 14.2 Å². The molecule has 0 spiro atoms. The van der Waals surface area contributed by atoms with E-state index in [-0.39, 0.29) is 19.1 Å². The van der Waals surface area contributed by atoms with E-state index in [0.29, 0.717) is 0 Å². The minimum absolute atomic E-state index is 0.109. The van der Waals surface area contributed by atoms with Crippen LogP contribution in [0, 0.1) is 6.92 Å². The Balaban J connectivity index is 1.43. The van der Waals surface area contributed by atoms with Crippen LogP contribution in [0.25, 0.3) is 0 Å². The molecule has 0 aliphatic carbocycles. The van der Waals surface area contributed by atoms with Gasteiger partial charge in [0.25, 0.3) is 0 Å². The maximum atomic E-state index is 6.44. The van der Waals surface area contributed by atoms with E-state index in [0.717, 1.165) is 50.5 Å². The first-order chi connectivity index (χ1) is 14.7. The van der Waals surface area contributed by atoms with Crippen LogP contribution < -0.4 is 14.2 Å². The molecule has 0 saturated heterocycles. The number of fused-ring (bicyclic) bond motifs is 4. The van der Waals surface area contributed by atoms with Crippen molar-refractivity contribution in [3.8, 4) is 17.2 Å². The number of ether oxygens (including phenoxy) is 3. The van der Waals surface area contributed by atoms with E-state index in [9.17, 15) is 0 Å². The van der Waals surface area contributed by atoms with Crippen LogP contribution in [0.2, 0.25) is 0 Å². The lowest BCUT2D eigenvalue weighted by Gasteiger charge is -2.38. The molecule has 2 atom stereocenters. The largest absolute Gasteiger partial charge is 0.464 e. The topological polar surface area (TPSA) is 43.3 Å². The highest BCUT2D eigenvalue weighted by atomic mass is 79.9. The molecular weight excluding hydrogens is 444 g/mol. The van der Waals surface area contributed by atoms with Gasteiger partial charge in [0, 0.05) is 27.6 Å². The van der Waals surface area contributed by atoms with Crippen molar-refractivity contribution >= 4 is 21.6 Å². The number of benzene rings is 3. The molecule has 0 aromatic heterocycles. The second kappa shape index (κ2) is 6.77. The molecule has 0 radical (unpaired) electrons. The summed E-state index contributed by atoms with van der Waals surface area (Å²) < 4.78 is 18.5. The Morgan fingerprint density at radius 1 is 0.933 bits per heavy atom. The van der Waals surface area contributed by atoms with E-state index in [1.165, 1.54) is 5.56 Å². The van der Waals surface area contributed by atoms with Crippen LogP contribution in [0.5, 0.6) is 17.2 Å². The minimum atomic E-state index is -0.268. The van der Waals surface area contributed by atoms with Crippen molar-refractivity contribution in [2.24, 2.45) is 5.10 Å². The predicted octanol–water partition coefficient (Wildman–Crippen LogP) is 5.73. The lowest BCUT2D eigenvalue weighted by molar-refractivity contribution is -0.0190. The molecule has 6 rings (SSSR count). The van der Waals surface area contributed by atoms with Gasteiger partial charge in [0.15, 0.2) is 11.5 Å². The van der Waals surface area contributed by atoms with Crippen molar-refractivity contribution in [1.29, 1.82) is 0 Å². The van der Waals surface area contributed by atoms with Crippen molar-refractivity contribution in [3.05, 3.63) is 87.4 Å². The van der Waals surface area contributed by atoms with Gasteiger partial charge in [-0.2, -0.15) is 5.10 Å². The Morgan fingerprint density at radius 2 is 1.73 bits per heavy atom. The van der Waals surface area contributed by atoms with Crippen LogP contribution in [-0.4, -0.2) is 17.5 Å². The SMILES string of the molecule is Cc1ccc([C@H]2Oc3ccc(Br)cc3[C@@H]3CC(c4ccc5c(c4)OCO5)=NN23)cc1. The van der Waals surface area contributed by atoms with Gasteiger partial charge in [-0.05, 0) is 43.3 Å². The third-order valence-corrected chi connectivity index (χ3v) is 6.31. The summed E-state index contributed by atoms with van der Waals surface area (Å²) in [6, 6.07) is 20.8. The van der Waals surface area contributed by atoms with Crippen molar-refractivity contribution in [2.45, 2.75) is 25.6 Å². The molecule has 3 aromatic carbocycles. The zero-order chi connectivity index (χ0) is 20.2. The second-order valence-corrected chi connectivity index (χ2v) is 8.69. The molecule has 0 bridgehead atoms. The summed E-state index contributed by atoms with van der Waals surface area (Å²) in [6.07, 6.45) is 0.533. The summed E-state index contributed by atoms with van der Waals surface area (Å²) >= 11 is 3.61. The molecule has 0 amide bonds. The maximum absolute atomic E-state index is 6.44. The molecule has 150 valence electrons. The molecule has 30 heavy (non-hydrogen) atoms. The molecule has 0 fully saturated rings. The lowest BCUT2D eigenvalue weighted by atomic mass is 9.95. The highest BCUT2D eigenvalue weighted by Crippen LogP contribution is 2.48. The Kier molecular flexibility index (Phi) is 4.03. The monoisotopic (exact) mass is 462 g/mol. The smallest absolute Gasteiger partial charge is 0.231 e. The Hall–Kier alpha value is -2.99. The first kappa shape index (κ1) is 17.8. The summed E-state index contributed by atoms with van der Waals surface area (Å²) in [4.78, 5) is 0. The molecule has 0 N–H and O–H groups in total. The normalized spacial score (nSPS) is 21.0. The van der Waals surface area contributed by atoms with Gasteiger partial charge in [0.05, 0.1) is 11.8 Å². The molecule has 5 nitrogen and oxygen atoms in total. The highest BCUT2D eigenvalue weighted by molar-refractivity contribution is 9.10. The van der Waals surface area contributed by atoms with Gasteiger partial charge >= 0.3 is 0 Å². The highest BCUT2D eigenvalue weighted by Gasteiger charge is 2.41. The van der Waals surface area contributed by atoms with Crippen LogP contribution in [0.15, 0.2) is 70.2 Å². The van der Waals surface area contributed by atoms with Gasteiger partial charge in [-0.25, -0.2) is 5.01 Å². The van der Waals surface area contributed by atoms with Gasteiger partial charge in [-0.15, -0.1) is 0 Å². The van der Waals surface area contributed by atoms with E-state index in [1.54, 1.807) is 0 Å². The van der Waals surface area contributed by atoms with Crippen LogP contribution in [0.4, 0.5) is 0 Å². The lowest BCUT2D eigenvalue weighted by Crippen LogP contribution is -2.33. The molecule has 0 saturated carbocycles. The molecule has 0 unspecified atom stereocenters. The van der Waals surface area contributed by atoms with Gasteiger partial charge in [0.2, 0.25) is 13.0 Å². The molecule has 3 aliphatic heterocycles. The quantitative estimate of drug-likeness (QED) is 0.487. The predicted molar refractivity (Wildman–Crippen MR) is 117 cm³/mol. The van der Waals surface area contributed by atoms with Gasteiger partial charge < -0.3 is 14.2 Å². The second-order valence-electron chi connectivity index (χ2n) is 7.78. The summed E-state index contributed by atoms with van der Waals surface area (Å²) in [5.74, 6) is 2.46. The third kappa shape index (κ3) is 2.86. The molecule has 3 aromatic rings. The van der Waals surface area contributed by atoms with Gasteiger partial charge in [-0.3, -0.25) is 0 Å². The van der Waals surface area contributed by atoms with Gasteiger partial charge in [0.1, 0.15) is 5.75 Å². The third-order valence-electron chi connectivity index (χ3n) is 5.82. The number of hydrazone groups is 1. The van der Waals surface area contributed by atoms with Crippen LogP contribution in [-0.2, 0) is 0 Å². The molecular formula is C24H19BrN2O3. The maximum Gasteiger partial charge on any atom is 0.231 e. The van der Waals surface area contributed by atoms with E-state index in [1.807, 2.05) is 30.3 Å². The Labute approximate surface area is 183 Å². The fourth-order valence-electron chi connectivity index (χ4n) is 4.26. The summed E-state index contributed by atoms with van der Waals surface area (Å²) in [5, 5.41) is 7.12. The number of nitrogens with zero attached hydrogens (tertiary/aromatic N) is 2. The minimum Gasteiger partial charge on any atom is -0.464 e. The summed E-state index contributed by atoms with van der Waals surface area (Å²) in [6.45, 7) is 2.36. The average Bonchev–Trinajstić information content (AvgIpc) is 3.41. The van der Waals surface area contributed by atoms with E-state index in [2.05, 4.69) is 58.2 Å². The zero-order valence-corrected chi connectivity index (χ0v) is 17.9. The number of rotatable bonds is 2.